The molecule has 0 saturated carbocycles. The number of hydrogen-bond acceptors (Lipinski definition) is 6. The Kier molecular flexibility index (Phi) is 4.75. The fourth-order valence-corrected chi connectivity index (χ4v) is 1.31. The fraction of sp³-hybridized carbons (Fsp3) is 1.00. The minimum Gasteiger partial charge on any atom is -0.394 e. The van der Waals surface area contributed by atoms with Crippen molar-refractivity contribution in [2.45, 2.75) is 18.3 Å². The summed E-state index contributed by atoms with van der Waals surface area (Å²) in [6, 6.07) is 0. The van der Waals surface area contributed by atoms with E-state index in [2.05, 4.69) is 0 Å². The molecule has 80 valence electrons. The van der Waals surface area contributed by atoms with Crippen LogP contribution in [0, 0.1) is 0 Å². The van der Waals surface area contributed by atoms with Crippen LogP contribution in [0.15, 0.2) is 0 Å². The van der Waals surface area contributed by atoms with Crippen LogP contribution in [0.4, 0.5) is 0 Å². The SMILES string of the molecule is O=S(=O)(O)CC(O)C(O)C(O)CO. The third kappa shape index (κ3) is 5.13. The van der Waals surface area contributed by atoms with Crippen molar-refractivity contribution in [3.8, 4) is 0 Å². The Hall–Kier alpha value is -0.250. The highest BCUT2D eigenvalue weighted by Gasteiger charge is 2.27. The normalized spacial score (nSPS) is 19.5. The molecule has 13 heavy (non-hydrogen) atoms. The Bertz CT molecular complexity index is 235. The minimum atomic E-state index is -4.41. The van der Waals surface area contributed by atoms with Gasteiger partial charge in [-0.1, -0.05) is 0 Å². The summed E-state index contributed by atoms with van der Waals surface area (Å²) in [4.78, 5) is 0. The van der Waals surface area contributed by atoms with Crippen LogP contribution in [-0.2, 0) is 10.1 Å². The van der Waals surface area contributed by atoms with E-state index < -0.39 is 40.8 Å². The highest BCUT2D eigenvalue weighted by atomic mass is 32.2. The van der Waals surface area contributed by atoms with Gasteiger partial charge in [-0.05, 0) is 0 Å². The summed E-state index contributed by atoms with van der Waals surface area (Å²) < 4.78 is 28.6. The van der Waals surface area contributed by atoms with Crippen LogP contribution in [-0.4, -0.2) is 64.1 Å². The number of aliphatic hydroxyl groups is 4. The van der Waals surface area contributed by atoms with E-state index in [4.69, 9.17) is 25.0 Å². The van der Waals surface area contributed by atoms with E-state index in [0.29, 0.717) is 0 Å². The molecule has 0 aliphatic carbocycles. The molecule has 0 spiro atoms. The number of hydrogen-bond donors (Lipinski definition) is 5. The Morgan fingerprint density at radius 1 is 1.08 bits per heavy atom. The lowest BCUT2D eigenvalue weighted by atomic mass is 10.1. The molecule has 8 heteroatoms. The van der Waals surface area contributed by atoms with Crippen molar-refractivity contribution in [3.05, 3.63) is 0 Å². The van der Waals surface area contributed by atoms with Crippen molar-refractivity contribution in [2.24, 2.45) is 0 Å². The first-order chi connectivity index (χ1) is 5.78. The molecule has 0 bridgehead atoms. The lowest BCUT2D eigenvalue weighted by Crippen LogP contribution is -2.42. The van der Waals surface area contributed by atoms with Crippen LogP contribution in [0.5, 0.6) is 0 Å². The van der Waals surface area contributed by atoms with E-state index in [9.17, 15) is 8.42 Å². The van der Waals surface area contributed by atoms with E-state index in [0.717, 1.165) is 0 Å². The van der Waals surface area contributed by atoms with Gasteiger partial charge in [0.2, 0.25) is 0 Å². The lowest BCUT2D eigenvalue weighted by molar-refractivity contribution is -0.0690. The molecule has 0 rings (SSSR count). The van der Waals surface area contributed by atoms with Crippen LogP contribution in [0.1, 0.15) is 0 Å². The van der Waals surface area contributed by atoms with Gasteiger partial charge in [0, 0.05) is 0 Å². The third-order valence-electron chi connectivity index (χ3n) is 1.36. The summed E-state index contributed by atoms with van der Waals surface area (Å²) >= 11 is 0. The molecule has 0 aliphatic rings. The summed E-state index contributed by atoms with van der Waals surface area (Å²) in [5, 5.41) is 34.9. The molecule has 7 nitrogen and oxygen atoms in total. The van der Waals surface area contributed by atoms with Gasteiger partial charge < -0.3 is 20.4 Å². The van der Waals surface area contributed by atoms with Gasteiger partial charge in [0.15, 0.2) is 0 Å². The molecule has 0 amide bonds. The van der Waals surface area contributed by atoms with Gasteiger partial charge in [0.1, 0.15) is 18.0 Å². The van der Waals surface area contributed by atoms with E-state index in [-0.39, 0.29) is 0 Å². The first-order valence-electron chi connectivity index (χ1n) is 3.38. The Balaban J connectivity index is 4.19. The first kappa shape index (κ1) is 12.8. The standard InChI is InChI=1S/C5H12O7S/c6-1-3(7)5(9)4(8)2-13(10,11)12/h3-9H,1-2H2,(H,10,11,12). The lowest BCUT2D eigenvalue weighted by Gasteiger charge is -2.19. The van der Waals surface area contributed by atoms with Gasteiger partial charge in [0.05, 0.1) is 12.7 Å². The fourth-order valence-electron chi connectivity index (χ4n) is 0.679. The van der Waals surface area contributed by atoms with Gasteiger partial charge >= 0.3 is 0 Å². The highest BCUT2D eigenvalue weighted by molar-refractivity contribution is 7.85. The van der Waals surface area contributed by atoms with E-state index >= 15 is 0 Å². The summed E-state index contributed by atoms with van der Waals surface area (Å²) in [6.07, 6.45) is -5.29. The van der Waals surface area contributed by atoms with Crippen LogP contribution < -0.4 is 0 Å². The number of rotatable bonds is 5. The largest absolute Gasteiger partial charge is 0.394 e. The first-order valence-corrected chi connectivity index (χ1v) is 4.99. The molecule has 0 saturated heterocycles. The molecule has 0 aromatic heterocycles. The van der Waals surface area contributed by atoms with Gasteiger partial charge in [-0.15, -0.1) is 0 Å². The zero-order chi connectivity index (χ0) is 10.6. The number of aliphatic hydroxyl groups excluding tert-OH is 4. The monoisotopic (exact) mass is 216 g/mol. The zero-order valence-electron chi connectivity index (χ0n) is 6.61. The van der Waals surface area contributed by atoms with Crippen LogP contribution in [0.3, 0.4) is 0 Å². The zero-order valence-corrected chi connectivity index (χ0v) is 7.42. The van der Waals surface area contributed by atoms with Crippen molar-refractivity contribution >= 4 is 10.1 Å². The second-order valence-corrected chi connectivity index (χ2v) is 4.05. The average molecular weight is 216 g/mol. The quantitative estimate of drug-likeness (QED) is 0.308. The molecule has 3 unspecified atom stereocenters. The van der Waals surface area contributed by atoms with E-state index in [1.165, 1.54) is 0 Å². The van der Waals surface area contributed by atoms with Crippen LogP contribution in [0.25, 0.3) is 0 Å². The third-order valence-corrected chi connectivity index (χ3v) is 2.12. The van der Waals surface area contributed by atoms with E-state index in [1.54, 1.807) is 0 Å². The summed E-state index contributed by atoms with van der Waals surface area (Å²) in [5.74, 6) is -1.09. The smallest absolute Gasteiger partial charge is 0.267 e. The predicted octanol–water partition coefficient (Wildman–Crippen LogP) is -3.05. The molecular weight excluding hydrogens is 204 g/mol. The van der Waals surface area contributed by atoms with Crippen molar-refractivity contribution in [2.75, 3.05) is 12.4 Å². The second kappa shape index (κ2) is 4.84. The Morgan fingerprint density at radius 3 is 1.85 bits per heavy atom. The van der Waals surface area contributed by atoms with Crippen molar-refractivity contribution < 1.29 is 33.4 Å². The summed E-state index contributed by atoms with van der Waals surface area (Å²) in [6.45, 7) is -0.816. The van der Waals surface area contributed by atoms with Gasteiger partial charge in [-0.2, -0.15) is 8.42 Å². The molecule has 0 aromatic rings. The van der Waals surface area contributed by atoms with Gasteiger partial charge in [0.25, 0.3) is 10.1 Å². The molecule has 0 radical (unpaired) electrons. The second-order valence-electron chi connectivity index (χ2n) is 2.56. The molecule has 0 heterocycles. The maximum atomic E-state index is 10.2. The van der Waals surface area contributed by atoms with Crippen molar-refractivity contribution in [1.82, 2.24) is 0 Å². The maximum absolute atomic E-state index is 10.2. The van der Waals surface area contributed by atoms with Gasteiger partial charge in [-0.3, -0.25) is 4.55 Å². The van der Waals surface area contributed by atoms with E-state index in [1.807, 2.05) is 0 Å². The highest BCUT2D eigenvalue weighted by Crippen LogP contribution is 2.02. The minimum absolute atomic E-state index is 0.816. The molecule has 0 aliphatic heterocycles. The maximum Gasteiger partial charge on any atom is 0.267 e. The Morgan fingerprint density at radius 2 is 1.54 bits per heavy atom. The van der Waals surface area contributed by atoms with Crippen LogP contribution in [0.2, 0.25) is 0 Å². The van der Waals surface area contributed by atoms with Crippen molar-refractivity contribution in [1.29, 1.82) is 0 Å². The molecule has 0 fully saturated rings. The predicted molar refractivity (Wildman–Crippen MR) is 41.5 cm³/mol. The average Bonchev–Trinajstić information content (AvgIpc) is 1.98. The molecule has 5 N–H and O–H groups in total. The van der Waals surface area contributed by atoms with Crippen LogP contribution >= 0.6 is 0 Å². The summed E-state index contributed by atoms with van der Waals surface area (Å²) in [5.41, 5.74) is 0. The molecule has 0 aromatic carbocycles. The molecular formula is C5H12O7S. The Labute approximate surface area is 75.0 Å². The van der Waals surface area contributed by atoms with Gasteiger partial charge in [-0.25, -0.2) is 0 Å². The summed E-state index contributed by atoms with van der Waals surface area (Å²) in [7, 11) is -4.41. The van der Waals surface area contributed by atoms with Crippen molar-refractivity contribution in [3.63, 3.8) is 0 Å². The molecule has 3 atom stereocenters. The topological polar surface area (TPSA) is 135 Å².